The lowest BCUT2D eigenvalue weighted by Gasteiger charge is -2.21. The van der Waals surface area contributed by atoms with Crippen LogP contribution < -0.4 is 10.1 Å². The second kappa shape index (κ2) is 6.36. The first kappa shape index (κ1) is 15.9. The van der Waals surface area contributed by atoms with Crippen LogP contribution in [0.3, 0.4) is 0 Å². The molecule has 6 heteroatoms. The lowest BCUT2D eigenvalue weighted by atomic mass is 10.1. The molecule has 1 amide bonds. The third kappa shape index (κ3) is 4.53. The fourth-order valence-electron chi connectivity index (χ4n) is 1.50. The molecule has 1 aromatic carbocycles. The van der Waals surface area contributed by atoms with Gasteiger partial charge in [-0.05, 0) is 38.5 Å². The Morgan fingerprint density at radius 3 is 2.55 bits per heavy atom. The summed E-state index contributed by atoms with van der Waals surface area (Å²) in [7, 11) is 1.32. The third-order valence-corrected chi connectivity index (χ3v) is 2.34. The normalized spacial score (nSPS) is 12.4. The Hall–Kier alpha value is -2.11. The van der Waals surface area contributed by atoms with E-state index in [1.807, 2.05) is 0 Å². The Kier molecular flexibility index (Phi) is 5.07. The summed E-state index contributed by atoms with van der Waals surface area (Å²) >= 11 is 0. The Balaban J connectivity index is 2.86. The monoisotopic (exact) mass is 283 g/mol. The molecular formula is C14H18FNO4. The molecule has 1 atom stereocenters. The van der Waals surface area contributed by atoms with Gasteiger partial charge < -0.3 is 19.6 Å². The molecule has 0 aliphatic heterocycles. The van der Waals surface area contributed by atoms with Crippen molar-refractivity contribution in [1.29, 1.82) is 0 Å². The van der Waals surface area contributed by atoms with Crippen molar-refractivity contribution in [3.05, 3.63) is 29.6 Å². The van der Waals surface area contributed by atoms with Crippen molar-refractivity contribution in [3.63, 3.8) is 0 Å². The minimum Gasteiger partial charge on any atom is -0.494 e. The average Bonchev–Trinajstić information content (AvgIpc) is 2.34. The molecule has 0 saturated heterocycles. The van der Waals surface area contributed by atoms with Crippen LogP contribution in [0.25, 0.3) is 0 Å². The fraction of sp³-hybridized carbons (Fsp3) is 0.429. The zero-order valence-electron chi connectivity index (χ0n) is 11.9. The van der Waals surface area contributed by atoms with Crippen LogP contribution in [0.1, 0.15) is 32.4 Å². The fourth-order valence-corrected chi connectivity index (χ4v) is 1.50. The van der Waals surface area contributed by atoms with E-state index in [4.69, 9.17) is 9.47 Å². The van der Waals surface area contributed by atoms with E-state index < -0.39 is 23.6 Å². The Bertz CT molecular complexity index is 496. The molecule has 0 aliphatic carbocycles. The van der Waals surface area contributed by atoms with Crippen molar-refractivity contribution in [1.82, 2.24) is 5.32 Å². The van der Waals surface area contributed by atoms with Gasteiger partial charge in [-0.3, -0.25) is 0 Å². The van der Waals surface area contributed by atoms with Gasteiger partial charge in [0, 0.05) is 0 Å². The van der Waals surface area contributed by atoms with Crippen LogP contribution in [0.5, 0.6) is 5.75 Å². The number of carbonyl (C=O) groups is 2. The van der Waals surface area contributed by atoms with Crippen molar-refractivity contribution in [3.8, 4) is 5.75 Å². The SMILES string of the molecule is COc1cc(C(C=O)NC(=O)OC(C)(C)C)ccc1F. The number of methoxy groups -OCH3 is 1. The van der Waals surface area contributed by atoms with Crippen molar-refractivity contribution in [2.75, 3.05) is 7.11 Å². The van der Waals surface area contributed by atoms with Crippen LogP contribution in [-0.2, 0) is 9.53 Å². The molecule has 5 nitrogen and oxygen atoms in total. The molecule has 0 radical (unpaired) electrons. The summed E-state index contributed by atoms with van der Waals surface area (Å²) in [5.74, 6) is -0.543. The quantitative estimate of drug-likeness (QED) is 0.863. The van der Waals surface area contributed by atoms with Gasteiger partial charge in [-0.2, -0.15) is 0 Å². The molecule has 20 heavy (non-hydrogen) atoms. The number of benzene rings is 1. The minimum atomic E-state index is -0.931. The maximum atomic E-state index is 13.3. The molecule has 0 fully saturated rings. The maximum Gasteiger partial charge on any atom is 0.408 e. The summed E-state index contributed by atoms with van der Waals surface area (Å²) in [6.07, 6.45) is -0.186. The molecule has 1 N–H and O–H groups in total. The molecule has 1 rings (SSSR count). The maximum absolute atomic E-state index is 13.3. The zero-order chi connectivity index (χ0) is 15.3. The third-order valence-electron chi connectivity index (χ3n) is 2.34. The highest BCUT2D eigenvalue weighted by Gasteiger charge is 2.21. The zero-order valence-corrected chi connectivity index (χ0v) is 11.9. The molecule has 1 aromatic rings. The summed E-state index contributed by atoms with van der Waals surface area (Å²) in [6.45, 7) is 5.14. The molecule has 0 saturated carbocycles. The largest absolute Gasteiger partial charge is 0.494 e. The smallest absolute Gasteiger partial charge is 0.408 e. The average molecular weight is 283 g/mol. The summed E-state index contributed by atoms with van der Waals surface area (Å²) in [4.78, 5) is 22.7. The number of nitrogens with one attached hydrogen (secondary N) is 1. The van der Waals surface area contributed by atoms with Crippen LogP contribution in [0.4, 0.5) is 9.18 Å². The van der Waals surface area contributed by atoms with Crippen LogP contribution in [0, 0.1) is 5.82 Å². The molecule has 110 valence electrons. The van der Waals surface area contributed by atoms with E-state index in [1.165, 1.54) is 25.3 Å². The highest BCUT2D eigenvalue weighted by Crippen LogP contribution is 2.22. The Morgan fingerprint density at radius 1 is 1.40 bits per heavy atom. The summed E-state index contributed by atoms with van der Waals surface area (Å²) in [5, 5.41) is 2.40. The lowest BCUT2D eigenvalue weighted by Crippen LogP contribution is -2.35. The van der Waals surface area contributed by atoms with E-state index in [0.29, 0.717) is 11.8 Å². The van der Waals surface area contributed by atoms with E-state index in [1.54, 1.807) is 20.8 Å². The van der Waals surface area contributed by atoms with Gasteiger partial charge in [-0.25, -0.2) is 9.18 Å². The molecule has 0 spiro atoms. The van der Waals surface area contributed by atoms with Gasteiger partial charge in [-0.15, -0.1) is 0 Å². The first-order valence-electron chi connectivity index (χ1n) is 6.05. The number of hydrogen-bond donors (Lipinski definition) is 1. The number of amides is 1. The molecular weight excluding hydrogens is 265 g/mol. The number of halogens is 1. The van der Waals surface area contributed by atoms with Crippen LogP contribution in [0.15, 0.2) is 18.2 Å². The topological polar surface area (TPSA) is 64.6 Å². The predicted octanol–water partition coefficient (Wildman–Crippen LogP) is 2.60. The predicted molar refractivity (Wildman–Crippen MR) is 71.1 cm³/mol. The van der Waals surface area contributed by atoms with Gasteiger partial charge in [0.1, 0.15) is 17.9 Å². The van der Waals surface area contributed by atoms with Crippen molar-refractivity contribution in [2.45, 2.75) is 32.4 Å². The second-order valence-corrected chi connectivity index (χ2v) is 5.15. The van der Waals surface area contributed by atoms with Crippen LogP contribution in [0.2, 0.25) is 0 Å². The number of hydrogen-bond acceptors (Lipinski definition) is 4. The molecule has 1 unspecified atom stereocenters. The number of rotatable bonds is 4. The molecule has 0 bridgehead atoms. The van der Waals surface area contributed by atoms with Gasteiger partial charge in [0.2, 0.25) is 0 Å². The molecule has 0 aromatic heterocycles. The Labute approximate surface area is 117 Å². The molecule has 0 heterocycles. The number of carbonyl (C=O) groups excluding carboxylic acids is 2. The van der Waals surface area contributed by atoms with Gasteiger partial charge in [0.25, 0.3) is 0 Å². The van der Waals surface area contributed by atoms with Crippen molar-refractivity contribution >= 4 is 12.4 Å². The van der Waals surface area contributed by atoms with E-state index >= 15 is 0 Å². The van der Waals surface area contributed by atoms with E-state index in [2.05, 4.69) is 5.32 Å². The van der Waals surface area contributed by atoms with Gasteiger partial charge in [0.15, 0.2) is 11.6 Å². The van der Waals surface area contributed by atoms with Crippen molar-refractivity contribution < 1.29 is 23.5 Å². The van der Waals surface area contributed by atoms with E-state index in [-0.39, 0.29) is 5.75 Å². The summed E-state index contributed by atoms with van der Waals surface area (Å²) in [6, 6.07) is 2.99. The Morgan fingerprint density at radius 2 is 2.05 bits per heavy atom. The standard InChI is InChI=1S/C14H18FNO4/c1-14(2,3)20-13(18)16-11(8-17)9-5-6-10(15)12(7-9)19-4/h5-8,11H,1-4H3,(H,16,18). The summed E-state index contributed by atoms with van der Waals surface area (Å²) in [5.41, 5.74) is -0.262. The number of ether oxygens (including phenoxy) is 2. The van der Waals surface area contributed by atoms with Gasteiger partial charge in [-0.1, -0.05) is 6.07 Å². The first-order valence-corrected chi connectivity index (χ1v) is 6.05. The van der Waals surface area contributed by atoms with Crippen molar-refractivity contribution in [2.24, 2.45) is 0 Å². The van der Waals surface area contributed by atoms with Crippen LogP contribution >= 0.6 is 0 Å². The lowest BCUT2D eigenvalue weighted by molar-refractivity contribution is -0.109. The van der Waals surface area contributed by atoms with E-state index in [0.717, 1.165) is 0 Å². The first-order chi connectivity index (χ1) is 9.26. The highest BCUT2D eigenvalue weighted by molar-refractivity contribution is 5.74. The number of alkyl carbamates (subject to hydrolysis) is 1. The minimum absolute atomic E-state index is 0.000314. The van der Waals surface area contributed by atoms with Gasteiger partial charge >= 0.3 is 6.09 Å². The summed E-state index contributed by atoms with van der Waals surface area (Å²) < 4.78 is 23.2. The van der Waals surface area contributed by atoms with Gasteiger partial charge in [0.05, 0.1) is 7.11 Å². The van der Waals surface area contributed by atoms with E-state index in [9.17, 15) is 14.0 Å². The highest BCUT2D eigenvalue weighted by atomic mass is 19.1. The number of aldehydes is 1. The molecule has 0 aliphatic rings. The van der Waals surface area contributed by atoms with Crippen LogP contribution in [-0.4, -0.2) is 25.1 Å². The second-order valence-electron chi connectivity index (χ2n) is 5.15.